The first-order valence-corrected chi connectivity index (χ1v) is 5.72. The van der Waals surface area contributed by atoms with Crippen molar-refractivity contribution in [3.8, 4) is 18.1 Å². The summed E-state index contributed by atoms with van der Waals surface area (Å²) in [5.74, 6) is 2.03. The van der Waals surface area contributed by atoms with Crippen LogP contribution in [-0.4, -0.2) is 16.6 Å². The van der Waals surface area contributed by atoms with Crippen molar-refractivity contribution in [2.45, 2.75) is 19.4 Å². The lowest BCUT2D eigenvalue weighted by molar-refractivity contribution is 0.0927. The van der Waals surface area contributed by atoms with Crippen LogP contribution in [0.4, 0.5) is 0 Å². The van der Waals surface area contributed by atoms with E-state index in [1.165, 1.54) is 6.07 Å². The van der Waals surface area contributed by atoms with Gasteiger partial charge in [0.2, 0.25) is 0 Å². The molecule has 0 bridgehead atoms. The predicted molar refractivity (Wildman–Crippen MR) is 71.2 cm³/mol. The second kappa shape index (κ2) is 4.74. The van der Waals surface area contributed by atoms with Gasteiger partial charge in [-0.15, -0.1) is 6.42 Å². The molecule has 1 amide bonds. The average Bonchev–Trinajstić information content (AvgIpc) is 2.21. The minimum Gasteiger partial charge on any atom is -0.507 e. The molecule has 0 fully saturated rings. The van der Waals surface area contributed by atoms with Gasteiger partial charge in [-0.05, 0) is 54.6 Å². The maximum Gasteiger partial charge on any atom is 0.256 e. The molecule has 0 spiro atoms. The Kier molecular flexibility index (Phi) is 3.81. The number of rotatable bonds is 2. The van der Waals surface area contributed by atoms with E-state index in [1.54, 1.807) is 26.0 Å². The summed E-state index contributed by atoms with van der Waals surface area (Å²) in [6, 6.07) is 4.82. The number of phenolic OH excluding ortho intramolecular Hbond substituents is 1. The Balaban J connectivity index is 2.98. The van der Waals surface area contributed by atoms with E-state index in [4.69, 9.17) is 6.42 Å². The molecule has 0 atom stereocenters. The number of halogens is 1. The van der Waals surface area contributed by atoms with Gasteiger partial charge < -0.3 is 10.4 Å². The number of terminal acetylenes is 1. The van der Waals surface area contributed by atoms with E-state index in [0.717, 1.165) is 3.57 Å². The first kappa shape index (κ1) is 12.8. The van der Waals surface area contributed by atoms with E-state index in [-0.39, 0.29) is 17.2 Å². The molecule has 0 heterocycles. The first-order chi connectivity index (χ1) is 7.35. The molecule has 3 nitrogen and oxygen atoms in total. The summed E-state index contributed by atoms with van der Waals surface area (Å²) in [7, 11) is 0. The molecule has 0 radical (unpaired) electrons. The average molecular weight is 329 g/mol. The van der Waals surface area contributed by atoms with Crippen molar-refractivity contribution in [3.63, 3.8) is 0 Å². The molecule has 16 heavy (non-hydrogen) atoms. The van der Waals surface area contributed by atoms with E-state index in [1.807, 2.05) is 0 Å². The molecule has 0 aliphatic carbocycles. The molecule has 0 saturated heterocycles. The van der Waals surface area contributed by atoms with Crippen LogP contribution < -0.4 is 5.32 Å². The Morgan fingerprint density at radius 3 is 2.75 bits per heavy atom. The lowest BCUT2D eigenvalue weighted by Gasteiger charge is -2.19. The van der Waals surface area contributed by atoms with E-state index in [0.29, 0.717) is 0 Å². The number of phenols is 1. The molecule has 1 rings (SSSR count). The summed E-state index contributed by atoms with van der Waals surface area (Å²) in [5.41, 5.74) is -0.500. The topological polar surface area (TPSA) is 49.3 Å². The smallest absolute Gasteiger partial charge is 0.256 e. The number of aromatic hydroxyl groups is 1. The maximum absolute atomic E-state index is 11.8. The van der Waals surface area contributed by atoms with Crippen molar-refractivity contribution < 1.29 is 9.90 Å². The van der Waals surface area contributed by atoms with Crippen LogP contribution in [0.15, 0.2) is 18.2 Å². The number of carbonyl (C=O) groups is 1. The monoisotopic (exact) mass is 329 g/mol. The van der Waals surface area contributed by atoms with Crippen molar-refractivity contribution in [3.05, 3.63) is 27.3 Å². The summed E-state index contributed by atoms with van der Waals surface area (Å²) in [6.07, 6.45) is 5.27. The minimum absolute atomic E-state index is 0.0502. The fourth-order valence-corrected chi connectivity index (χ4v) is 1.57. The van der Waals surface area contributed by atoms with Gasteiger partial charge in [0.25, 0.3) is 5.91 Å². The van der Waals surface area contributed by atoms with Crippen molar-refractivity contribution in [1.29, 1.82) is 0 Å². The molecule has 4 heteroatoms. The lowest BCUT2D eigenvalue weighted by Crippen LogP contribution is -2.42. The Labute approximate surface area is 108 Å². The number of hydrogen-bond acceptors (Lipinski definition) is 2. The lowest BCUT2D eigenvalue weighted by atomic mass is 10.1. The predicted octanol–water partition coefficient (Wildman–Crippen LogP) is 2.14. The molecular weight excluding hydrogens is 317 g/mol. The maximum atomic E-state index is 11.8. The Hall–Kier alpha value is -1.22. The fourth-order valence-electron chi connectivity index (χ4n) is 1.08. The van der Waals surface area contributed by atoms with Gasteiger partial charge in [-0.3, -0.25) is 4.79 Å². The highest BCUT2D eigenvalue weighted by molar-refractivity contribution is 14.1. The molecule has 0 unspecified atom stereocenters. The van der Waals surface area contributed by atoms with Gasteiger partial charge >= 0.3 is 0 Å². The standard InChI is InChI=1S/C12H12INO2/c1-4-12(2,3)14-11(16)9-7-8(13)5-6-10(9)15/h1,5-7,15H,2-3H3,(H,14,16). The van der Waals surface area contributed by atoms with E-state index in [2.05, 4.69) is 33.8 Å². The molecule has 0 aromatic heterocycles. The molecule has 0 saturated carbocycles. The van der Waals surface area contributed by atoms with Crippen LogP contribution in [-0.2, 0) is 0 Å². The van der Waals surface area contributed by atoms with Crippen molar-refractivity contribution in [2.75, 3.05) is 0 Å². The summed E-state index contributed by atoms with van der Waals surface area (Å²) in [4.78, 5) is 11.8. The zero-order valence-corrected chi connectivity index (χ0v) is 11.2. The summed E-state index contributed by atoms with van der Waals surface area (Å²) >= 11 is 2.07. The van der Waals surface area contributed by atoms with Gasteiger partial charge in [-0.25, -0.2) is 0 Å². The van der Waals surface area contributed by atoms with Crippen molar-refractivity contribution in [2.24, 2.45) is 0 Å². The Morgan fingerprint density at radius 2 is 2.19 bits per heavy atom. The van der Waals surface area contributed by atoms with Crippen LogP contribution in [0, 0.1) is 15.9 Å². The molecule has 84 valence electrons. The Morgan fingerprint density at radius 1 is 1.56 bits per heavy atom. The van der Waals surface area contributed by atoms with Crippen molar-refractivity contribution >= 4 is 28.5 Å². The van der Waals surface area contributed by atoms with Crippen LogP contribution in [0.3, 0.4) is 0 Å². The number of amides is 1. The van der Waals surface area contributed by atoms with Crippen LogP contribution in [0.1, 0.15) is 24.2 Å². The third-order valence-electron chi connectivity index (χ3n) is 1.99. The highest BCUT2D eigenvalue weighted by Crippen LogP contribution is 2.20. The number of hydrogen-bond donors (Lipinski definition) is 2. The number of carbonyl (C=O) groups excluding carboxylic acids is 1. The SMILES string of the molecule is C#CC(C)(C)NC(=O)c1cc(I)ccc1O. The fraction of sp³-hybridized carbons (Fsp3) is 0.250. The van der Waals surface area contributed by atoms with Gasteiger partial charge in [0.05, 0.1) is 11.1 Å². The normalized spacial score (nSPS) is 10.6. The van der Waals surface area contributed by atoms with Crippen LogP contribution in [0.25, 0.3) is 0 Å². The summed E-state index contributed by atoms with van der Waals surface area (Å²) in [5, 5.41) is 12.2. The quantitative estimate of drug-likeness (QED) is 0.645. The molecule has 0 aliphatic heterocycles. The third kappa shape index (κ3) is 3.14. The number of nitrogens with one attached hydrogen (secondary N) is 1. The number of benzene rings is 1. The van der Waals surface area contributed by atoms with Gasteiger partial charge in [0, 0.05) is 3.57 Å². The van der Waals surface area contributed by atoms with E-state index in [9.17, 15) is 9.90 Å². The van der Waals surface area contributed by atoms with Crippen LogP contribution >= 0.6 is 22.6 Å². The second-order valence-electron chi connectivity index (χ2n) is 3.88. The highest BCUT2D eigenvalue weighted by Gasteiger charge is 2.20. The minimum atomic E-state index is -0.731. The third-order valence-corrected chi connectivity index (χ3v) is 2.66. The first-order valence-electron chi connectivity index (χ1n) is 4.64. The molecule has 1 aromatic carbocycles. The molecular formula is C12H12INO2. The molecule has 2 N–H and O–H groups in total. The van der Waals surface area contributed by atoms with Crippen LogP contribution in [0.5, 0.6) is 5.75 Å². The van der Waals surface area contributed by atoms with Crippen LogP contribution in [0.2, 0.25) is 0 Å². The second-order valence-corrected chi connectivity index (χ2v) is 5.13. The van der Waals surface area contributed by atoms with Crippen molar-refractivity contribution in [1.82, 2.24) is 5.32 Å². The van der Waals surface area contributed by atoms with Gasteiger partial charge in [0.1, 0.15) is 5.75 Å². The highest BCUT2D eigenvalue weighted by atomic mass is 127. The van der Waals surface area contributed by atoms with E-state index < -0.39 is 5.54 Å². The summed E-state index contributed by atoms with van der Waals surface area (Å²) < 4.78 is 0.874. The Bertz CT molecular complexity index is 461. The summed E-state index contributed by atoms with van der Waals surface area (Å²) in [6.45, 7) is 3.44. The van der Waals surface area contributed by atoms with Gasteiger partial charge in [0.15, 0.2) is 0 Å². The zero-order chi connectivity index (χ0) is 12.3. The molecule has 1 aromatic rings. The van der Waals surface area contributed by atoms with Gasteiger partial charge in [-0.1, -0.05) is 5.92 Å². The van der Waals surface area contributed by atoms with Gasteiger partial charge in [-0.2, -0.15) is 0 Å². The van der Waals surface area contributed by atoms with E-state index >= 15 is 0 Å². The molecule has 0 aliphatic rings. The zero-order valence-electron chi connectivity index (χ0n) is 9.04. The largest absolute Gasteiger partial charge is 0.507 e.